The standard InChI is InChI=1S/C15H16N4O/c1-2-6-14-13(5-1)17-15(20-14)19-8-3-4-12(19)10-18-9-7-16-11-18/h1-2,5-7,9,11-12H,3-4,8,10H2. The Morgan fingerprint density at radius 2 is 2.25 bits per heavy atom. The number of oxazole rings is 1. The zero-order valence-corrected chi connectivity index (χ0v) is 11.1. The minimum atomic E-state index is 0.428. The summed E-state index contributed by atoms with van der Waals surface area (Å²) in [6, 6.07) is 9.09. The van der Waals surface area contributed by atoms with Crippen LogP contribution in [0.15, 0.2) is 47.4 Å². The fourth-order valence-electron chi connectivity index (χ4n) is 2.90. The van der Waals surface area contributed by atoms with Gasteiger partial charge in [-0.2, -0.15) is 4.98 Å². The summed E-state index contributed by atoms with van der Waals surface area (Å²) in [7, 11) is 0. The van der Waals surface area contributed by atoms with Gasteiger partial charge in [0.25, 0.3) is 6.01 Å². The third-order valence-corrected chi connectivity index (χ3v) is 3.89. The van der Waals surface area contributed by atoms with E-state index in [0.29, 0.717) is 6.04 Å². The molecule has 0 amide bonds. The number of aromatic nitrogens is 3. The molecule has 0 N–H and O–H groups in total. The molecule has 1 fully saturated rings. The summed E-state index contributed by atoms with van der Waals surface area (Å²) in [5.41, 5.74) is 1.78. The molecule has 5 nitrogen and oxygen atoms in total. The van der Waals surface area contributed by atoms with E-state index < -0.39 is 0 Å². The van der Waals surface area contributed by atoms with Crippen LogP contribution in [0.2, 0.25) is 0 Å². The number of para-hydroxylation sites is 2. The van der Waals surface area contributed by atoms with Crippen LogP contribution in [0.3, 0.4) is 0 Å². The van der Waals surface area contributed by atoms with Crippen molar-refractivity contribution in [2.24, 2.45) is 0 Å². The van der Waals surface area contributed by atoms with Crippen molar-refractivity contribution in [3.63, 3.8) is 0 Å². The summed E-state index contributed by atoms with van der Waals surface area (Å²) in [4.78, 5) is 11.0. The van der Waals surface area contributed by atoms with Crippen LogP contribution in [-0.2, 0) is 6.54 Å². The lowest BCUT2D eigenvalue weighted by atomic mass is 10.2. The second-order valence-corrected chi connectivity index (χ2v) is 5.21. The predicted molar refractivity (Wildman–Crippen MR) is 76.6 cm³/mol. The molecule has 3 aromatic rings. The highest BCUT2D eigenvalue weighted by Gasteiger charge is 2.28. The predicted octanol–water partition coefficient (Wildman–Crippen LogP) is 2.69. The Kier molecular flexibility index (Phi) is 2.69. The molecule has 1 aliphatic heterocycles. The zero-order valence-electron chi connectivity index (χ0n) is 11.1. The number of fused-ring (bicyclic) bond motifs is 1. The first-order chi connectivity index (χ1) is 9.90. The first-order valence-corrected chi connectivity index (χ1v) is 6.98. The number of hydrogen-bond donors (Lipinski definition) is 0. The van der Waals surface area contributed by atoms with E-state index in [9.17, 15) is 0 Å². The van der Waals surface area contributed by atoms with E-state index in [2.05, 4.69) is 19.4 Å². The molecule has 4 rings (SSSR count). The number of nitrogens with zero attached hydrogens (tertiary/aromatic N) is 4. The second-order valence-electron chi connectivity index (χ2n) is 5.21. The minimum absolute atomic E-state index is 0.428. The van der Waals surface area contributed by atoms with Gasteiger partial charge < -0.3 is 13.9 Å². The molecule has 5 heteroatoms. The van der Waals surface area contributed by atoms with Crippen molar-refractivity contribution in [1.82, 2.24) is 14.5 Å². The van der Waals surface area contributed by atoms with Crippen molar-refractivity contribution in [3.05, 3.63) is 43.0 Å². The molecule has 1 aromatic carbocycles. The average molecular weight is 268 g/mol. The van der Waals surface area contributed by atoms with Gasteiger partial charge >= 0.3 is 0 Å². The molecule has 1 unspecified atom stereocenters. The van der Waals surface area contributed by atoms with Crippen molar-refractivity contribution in [3.8, 4) is 0 Å². The Bertz CT molecular complexity index is 671. The van der Waals surface area contributed by atoms with E-state index in [0.717, 1.165) is 36.6 Å². The van der Waals surface area contributed by atoms with Gasteiger partial charge in [0.05, 0.1) is 12.4 Å². The van der Waals surface area contributed by atoms with E-state index in [1.807, 2.05) is 43.0 Å². The van der Waals surface area contributed by atoms with Gasteiger partial charge in [0, 0.05) is 25.5 Å². The summed E-state index contributed by atoms with van der Waals surface area (Å²) in [6.07, 6.45) is 8.03. The largest absolute Gasteiger partial charge is 0.423 e. The van der Waals surface area contributed by atoms with Gasteiger partial charge in [-0.05, 0) is 25.0 Å². The zero-order chi connectivity index (χ0) is 13.4. The molecular weight excluding hydrogens is 252 g/mol. The average Bonchev–Trinajstić information content (AvgIpc) is 3.18. The maximum atomic E-state index is 5.89. The van der Waals surface area contributed by atoms with Crippen LogP contribution < -0.4 is 4.90 Å². The molecule has 3 heterocycles. The summed E-state index contributed by atoms with van der Waals surface area (Å²) in [6.45, 7) is 1.94. The maximum Gasteiger partial charge on any atom is 0.298 e. The van der Waals surface area contributed by atoms with E-state index in [1.165, 1.54) is 6.42 Å². The highest BCUT2D eigenvalue weighted by atomic mass is 16.4. The van der Waals surface area contributed by atoms with Crippen LogP contribution in [0.25, 0.3) is 11.1 Å². The number of hydrogen-bond acceptors (Lipinski definition) is 4. The quantitative estimate of drug-likeness (QED) is 0.732. The van der Waals surface area contributed by atoms with Crippen LogP contribution >= 0.6 is 0 Å². The Morgan fingerprint density at radius 1 is 1.30 bits per heavy atom. The van der Waals surface area contributed by atoms with Crippen LogP contribution in [0.1, 0.15) is 12.8 Å². The van der Waals surface area contributed by atoms with Crippen LogP contribution in [0.4, 0.5) is 6.01 Å². The summed E-state index contributed by atoms with van der Waals surface area (Å²) < 4.78 is 8.01. The van der Waals surface area contributed by atoms with E-state index >= 15 is 0 Å². The number of benzene rings is 1. The highest BCUT2D eigenvalue weighted by molar-refractivity contribution is 5.74. The Hall–Kier alpha value is -2.30. The molecule has 1 aliphatic rings. The Morgan fingerprint density at radius 3 is 3.10 bits per heavy atom. The molecule has 2 aromatic heterocycles. The molecule has 0 radical (unpaired) electrons. The lowest BCUT2D eigenvalue weighted by Gasteiger charge is -2.22. The minimum Gasteiger partial charge on any atom is -0.423 e. The SMILES string of the molecule is c1ccc2oc(N3CCCC3Cn3ccnc3)nc2c1. The lowest BCUT2D eigenvalue weighted by molar-refractivity contribution is 0.503. The van der Waals surface area contributed by atoms with Crippen LogP contribution in [0.5, 0.6) is 0 Å². The summed E-state index contributed by atoms with van der Waals surface area (Å²) in [5, 5.41) is 0. The van der Waals surface area contributed by atoms with Gasteiger partial charge in [0.15, 0.2) is 5.58 Å². The van der Waals surface area contributed by atoms with Crippen molar-refractivity contribution in [2.45, 2.75) is 25.4 Å². The van der Waals surface area contributed by atoms with Crippen LogP contribution in [0, 0.1) is 0 Å². The third kappa shape index (κ3) is 1.95. The van der Waals surface area contributed by atoms with Crippen molar-refractivity contribution < 1.29 is 4.42 Å². The molecule has 102 valence electrons. The molecule has 0 saturated carbocycles. The molecule has 1 atom stereocenters. The first-order valence-electron chi connectivity index (χ1n) is 6.98. The van der Waals surface area contributed by atoms with Gasteiger partial charge in [-0.15, -0.1) is 0 Å². The monoisotopic (exact) mass is 268 g/mol. The Balaban J connectivity index is 1.62. The number of rotatable bonds is 3. The van der Waals surface area contributed by atoms with Gasteiger partial charge in [0.1, 0.15) is 5.52 Å². The first kappa shape index (κ1) is 11.5. The third-order valence-electron chi connectivity index (χ3n) is 3.89. The fourth-order valence-corrected chi connectivity index (χ4v) is 2.90. The number of imidazole rings is 1. The smallest absolute Gasteiger partial charge is 0.298 e. The normalized spacial score (nSPS) is 19.0. The molecule has 0 aliphatic carbocycles. The topological polar surface area (TPSA) is 47.1 Å². The van der Waals surface area contributed by atoms with Crippen molar-refractivity contribution in [1.29, 1.82) is 0 Å². The summed E-state index contributed by atoms with van der Waals surface area (Å²) >= 11 is 0. The van der Waals surface area contributed by atoms with Gasteiger partial charge in [0.2, 0.25) is 0 Å². The molecule has 20 heavy (non-hydrogen) atoms. The van der Waals surface area contributed by atoms with Crippen molar-refractivity contribution >= 4 is 17.1 Å². The molecular formula is C15H16N4O. The van der Waals surface area contributed by atoms with E-state index in [1.54, 1.807) is 0 Å². The van der Waals surface area contributed by atoms with Gasteiger partial charge in [-0.1, -0.05) is 12.1 Å². The maximum absolute atomic E-state index is 5.89. The van der Waals surface area contributed by atoms with Gasteiger partial charge in [-0.3, -0.25) is 0 Å². The highest BCUT2D eigenvalue weighted by Crippen LogP contribution is 2.28. The lowest BCUT2D eigenvalue weighted by Crippen LogP contribution is -2.32. The fraction of sp³-hybridized carbons (Fsp3) is 0.333. The second kappa shape index (κ2) is 4.67. The number of anilines is 1. The molecule has 0 spiro atoms. The molecule has 1 saturated heterocycles. The van der Waals surface area contributed by atoms with Gasteiger partial charge in [-0.25, -0.2) is 4.98 Å². The van der Waals surface area contributed by atoms with Crippen LogP contribution in [-0.4, -0.2) is 27.1 Å². The Labute approximate surface area is 116 Å². The summed E-state index contributed by atoms with van der Waals surface area (Å²) in [5.74, 6) is 0. The molecule has 0 bridgehead atoms. The van der Waals surface area contributed by atoms with E-state index in [-0.39, 0.29) is 0 Å². The van der Waals surface area contributed by atoms with E-state index in [4.69, 9.17) is 4.42 Å². The van der Waals surface area contributed by atoms with Crippen molar-refractivity contribution in [2.75, 3.05) is 11.4 Å².